The summed E-state index contributed by atoms with van der Waals surface area (Å²) in [6.07, 6.45) is 0.594. The summed E-state index contributed by atoms with van der Waals surface area (Å²) in [5, 5.41) is 0. The predicted octanol–water partition coefficient (Wildman–Crippen LogP) is 2.75. The van der Waals surface area contributed by atoms with Crippen LogP contribution in [-0.2, 0) is 0 Å². The molecular weight excluding hydrogens is 198 g/mol. The number of hydrogen-bond acceptors (Lipinski definition) is 2. The minimum Gasteiger partial charge on any atom is -0.309 e. The maximum atomic E-state index is 12.0. The molecule has 2 heteroatoms. The van der Waals surface area contributed by atoms with Gasteiger partial charge in [0.1, 0.15) is 0 Å². The second-order valence-corrected chi connectivity index (χ2v) is 4.73. The minimum absolute atomic E-state index is 0.245. The van der Waals surface area contributed by atoms with Gasteiger partial charge in [-0.25, -0.2) is 0 Å². The summed E-state index contributed by atoms with van der Waals surface area (Å²) in [6.45, 7) is 6.95. The van der Waals surface area contributed by atoms with Crippen molar-refractivity contribution in [3.05, 3.63) is 34.4 Å². The van der Waals surface area contributed by atoms with Crippen molar-refractivity contribution in [2.75, 3.05) is 20.6 Å². The number of carbonyl (C=O) groups is 1. The smallest absolute Gasteiger partial charge is 0.164 e. The van der Waals surface area contributed by atoms with Crippen LogP contribution in [0.4, 0.5) is 0 Å². The molecule has 0 N–H and O–H groups in total. The van der Waals surface area contributed by atoms with Crippen LogP contribution in [0.5, 0.6) is 0 Å². The molecule has 0 amide bonds. The lowest BCUT2D eigenvalue weighted by Gasteiger charge is -2.11. The first-order valence-electron chi connectivity index (χ1n) is 5.67. The van der Waals surface area contributed by atoms with Crippen LogP contribution in [-0.4, -0.2) is 31.3 Å². The average Bonchev–Trinajstić information content (AvgIpc) is 2.20. The van der Waals surface area contributed by atoms with Gasteiger partial charge in [-0.1, -0.05) is 6.07 Å². The first-order valence-corrected chi connectivity index (χ1v) is 5.67. The Hall–Kier alpha value is -1.15. The van der Waals surface area contributed by atoms with Gasteiger partial charge in [0.25, 0.3) is 0 Å². The molecule has 1 aromatic carbocycles. The van der Waals surface area contributed by atoms with Gasteiger partial charge in [-0.15, -0.1) is 0 Å². The third-order valence-corrected chi connectivity index (χ3v) is 2.93. The van der Waals surface area contributed by atoms with Gasteiger partial charge in [0.2, 0.25) is 0 Å². The molecule has 0 aliphatic carbocycles. The summed E-state index contributed by atoms with van der Waals surface area (Å²) in [7, 11) is 3.97. The van der Waals surface area contributed by atoms with Crippen molar-refractivity contribution in [2.45, 2.75) is 27.2 Å². The molecule has 0 aromatic heterocycles. The lowest BCUT2D eigenvalue weighted by atomic mass is 9.97. The Kier molecular flexibility index (Phi) is 4.25. The number of ketones is 1. The normalized spacial score (nSPS) is 10.9. The summed E-state index contributed by atoms with van der Waals surface area (Å²) in [6, 6.07) is 4.11. The first-order chi connectivity index (χ1) is 7.41. The van der Waals surface area contributed by atoms with E-state index in [9.17, 15) is 4.79 Å². The number of Topliss-reactive ketones (excluding diaryl/α,β-unsaturated/α-hetero) is 1. The lowest BCUT2D eigenvalue weighted by molar-refractivity contribution is 0.0972. The summed E-state index contributed by atoms with van der Waals surface area (Å²) in [5.41, 5.74) is 4.41. The minimum atomic E-state index is 0.245. The maximum Gasteiger partial charge on any atom is 0.164 e. The number of benzene rings is 1. The van der Waals surface area contributed by atoms with Gasteiger partial charge in [0, 0.05) is 18.5 Å². The second-order valence-electron chi connectivity index (χ2n) is 4.73. The van der Waals surface area contributed by atoms with Crippen LogP contribution in [0.1, 0.15) is 33.5 Å². The molecule has 2 nitrogen and oxygen atoms in total. The van der Waals surface area contributed by atoms with Crippen LogP contribution in [0.3, 0.4) is 0 Å². The third kappa shape index (κ3) is 3.17. The van der Waals surface area contributed by atoms with Crippen molar-refractivity contribution in [3.8, 4) is 0 Å². The van der Waals surface area contributed by atoms with Crippen LogP contribution in [0, 0.1) is 20.8 Å². The Balaban J connectivity index is 2.87. The molecule has 0 unspecified atom stereocenters. The van der Waals surface area contributed by atoms with Gasteiger partial charge in [0.05, 0.1) is 0 Å². The van der Waals surface area contributed by atoms with E-state index in [4.69, 9.17) is 0 Å². The van der Waals surface area contributed by atoms with Crippen LogP contribution in [0.25, 0.3) is 0 Å². The zero-order valence-corrected chi connectivity index (χ0v) is 10.9. The van der Waals surface area contributed by atoms with E-state index in [2.05, 4.69) is 19.9 Å². The standard InChI is InChI=1S/C14H21NO/c1-10-8-12(3)13(9-11(10)2)14(16)6-7-15(4)5/h8-9H,6-7H2,1-5H3. The van der Waals surface area contributed by atoms with Gasteiger partial charge in [0.15, 0.2) is 5.78 Å². The quantitative estimate of drug-likeness (QED) is 0.726. The van der Waals surface area contributed by atoms with Crippen molar-refractivity contribution < 1.29 is 4.79 Å². The summed E-state index contributed by atoms with van der Waals surface area (Å²) in [4.78, 5) is 14.0. The van der Waals surface area contributed by atoms with E-state index in [1.165, 1.54) is 11.1 Å². The fourth-order valence-electron chi connectivity index (χ4n) is 1.72. The van der Waals surface area contributed by atoms with Crippen LogP contribution < -0.4 is 0 Å². The van der Waals surface area contributed by atoms with E-state index in [-0.39, 0.29) is 5.78 Å². The molecule has 0 radical (unpaired) electrons. The molecule has 0 spiro atoms. The lowest BCUT2D eigenvalue weighted by Crippen LogP contribution is -2.17. The molecule has 16 heavy (non-hydrogen) atoms. The van der Waals surface area contributed by atoms with Crippen molar-refractivity contribution in [1.29, 1.82) is 0 Å². The highest BCUT2D eigenvalue weighted by atomic mass is 16.1. The van der Waals surface area contributed by atoms with Crippen molar-refractivity contribution >= 4 is 5.78 Å². The summed E-state index contributed by atoms with van der Waals surface area (Å²) >= 11 is 0. The number of hydrogen-bond donors (Lipinski definition) is 0. The first kappa shape index (κ1) is 12.9. The van der Waals surface area contributed by atoms with Crippen LogP contribution in [0.2, 0.25) is 0 Å². The molecule has 0 bridgehead atoms. The molecule has 0 saturated heterocycles. The average molecular weight is 219 g/mol. The van der Waals surface area contributed by atoms with Crippen molar-refractivity contribution in [2.24, 2.45) is 0 Å². The molecular formula is C14H21NO. The van der Waals surface area contributed by atoms with E-state index < -0.39 is 0 Å². The maximum absolute atomic E-state index is 12.0. The van der Waals surface area contributed by atoms with Gasteiger partial charge in [-0.05, 0) is 57.6 Å². The van der Waals surface area contributed by atoms with Gasteiger partial charge in [-0.2, -0.15) is 0 Å². The zero-order valence-electron chi connectivity index (χ0n) is 10.9. The largest absolute Gasteiger partial charge is 0.309 e. The molecule has 0 saturated carbocycles. The van der Waals surface area contributed by atoms with Crippen LogP contribution in [0.15, 0.2) is 12.1 Å². The second kappa shape index (κ2) is 5.26. The Morgan fingerprint density at radius 2 is 1.62 bits per heavy atom. The molecule has 0 fully saturated rings. The topological polar surface area (TPSA) is 20.3 Å². The fourth-order valence-corrected chi connectivity index (χ4v) is 1.72. The molecule has 0 atom stereocenters. The van der Waals surface area contributed by atoms with E-state index in [0.717, 1.165) is 17.7 Å². The Bertz CT molecular complexity index is 394. The Morgan fingerprint density at radius 3 is 2.19 bits per heavy atom. The molecule has 1 aromatic rings. The number of nitrogens with zero attached hydrogens (tertiary/aromatic N) is 1. The highest BCUT2D eigenvalue weighted by Gasteiger charge is 2.10. The molecule has 1 rings (SSSR count). The third-order valence-electron chi connectivity index (χ3n) is 2.93. The number of rotatable bonds is 4. The molecule has 0 heterocycles. The number of aryl methyl sites for hydroxylation is 3. The molecule has 0 aliphatic heterocycles. The summed E-state index contributed by atoms with van der Waals surface area (Å²) < 4.78 is 0. The highest BCUT2D eigenvalue weighted by Crippen LogP contribution is 2.16. The highest BCUT2D eigenvalue weighted by molar-refractivity contribution is 5.97. The predicted molar refractivity (Wildman–Crippen MR) is 68.2 cm³/mol. The monoisotopic (exact) mass is 219 g/mol. The zero-order chi connectivity index (χ0) is 12.3. The van der Waals surface area contributed by atoms with Crippen molar-refractivity contribution in [1.82, 2.24) is 4.90 Å². The fraction of sp³-hybridized carbons (Fsp3) is 0.500. The van der Waals surface area contributed by atoms with E-state index in [1.807, 2.05) is 32.0 Å². The summed E-state index contributed by atoms with van der Waals surface area (Å²) in [5.74, 6) is 0.245. The molecule has 0 aliphatic rings. The van der Waals surface area contributed by atoms with Gasteiger partial charge < -0.3 is 4.90 Å². The van der Waals surface area contributed by atoms with Crippen molar-refractivity contribution in [3.63, 3.8) is 0 Å². The van der Waals surface area contributed by atoms with Gasteiger partial charge >= 0.3 is 0 Å². The SMILES string of the molecule is Cc1cc(C)c(C(=O)CCN(C)C)cc1C. The van der Waals surface area contributed by atoms with E-state index in [0.29, 0.717) is 6.42 Å². The van der Waals surface area contributed by atoms with E-state index in [1.54, 1.807) is 0 Å². The Labute approximate surface area is 98.3 Å². The van der Waals surface area contributed by atoms with Gasteiger partial charge in [-0.3, -0.25) is 4.79 Å². The number of carbonyl (C=O) groups excluding carboxylic acids is 1. The van der Waals surface area contributed by atoms with Crippen LogP contribution >= 0.6 is 0 Å². The Morgan fingerprint density at radius 1 is 1.06 bits per heavy atom. The molecule has 88 valence electrons. The van der Waals surface area contributed by atoms with E-state index >= 15 is 0 Å².